The van der Waals surface area contributed by atoms with Gasteiger partial charge in [-0.2, -0.15) is 26.3 Å². The molecule has 2 aliphatic rings. The number of piperazine rings is 1. The van der Waals surface area contributed by atoms with Crippen LogP contribution in [0.25, 0.3) is 0 Å². The van der Waals surface area contributed by atoms with Gasteiger partial charge in [0, 0.05) is 42.6 Å². The molecule has 232 valence electrons. The fourth-order valence-corrected chi connectivity index (χ4v) is 5.91. The summed E-state index contributed by atoms with van der Waals surface area (Å²) in [6.45, 7) is 5.47. The number of nitrogens with one attached hydrogen (secondary N) is 1. The lowest BCUT2D eigenvalue weighted by Crippen LogP contribution is -2.58. The Morgan fingerprint density at radius 3 is 2.14 bits per heavy atom. The second kappa shape index (κ2) is 12.8. The SMILES string of the molecule is C[C@@H]1CN(C(=S)COC2CCC(Nc3ccc(N(O)O)c(C(F)(F)F)c3)CC2)[C@@H](C)CN1c1ccc(C(F)(F)F)cc1. The number of anilines is 3. The molecule has 42 heavy (non-hydrogen) atoms. The predicted molar refractivity (Wildman–Crippen MR) is 150 cm³/mol. The molecule has 2 aromatic carbocycles. The monoisotopic (exact) mass is 620 g/mol. The van der Waals surface area contributed by atoms with Crippen LogP contribution in [0.4, 0.5) is 43.4 Å². The summed E-state index contributed by atoms with van der Waals surface area (Å²) in [7, 11) is 0. The third kappa shape index (κ3) is 7.77. The van der Waals surface area contributed by atoms with E-state index >= 15 is 0 Å². The van der Waals surface area contributed by atoms with Crippen molar-refractivity contribution in [3.8, 4) is 0 Å². The van der Waals surface area contributed by atoms with Crippen LogP contribution in [0.15, 0.2) is 42.5 Å². The van der Waals surface area contributed by atoms with Gasteiger partial charge in [-0.25, -0.2) is 0 Å². The van der Waals surface area contributed by atoms with Crippen molar-refractivity contribution < 1.29 is 41.5 Å². The smallest absolute Gasteiger partial charge is 0.382 e. The maximum Gasteiger partial charge on any atom is 0.418 e. The summed E-state index contributed by atoms with van der Waals surface area (Å²) in [5.74, 6) is 0. The number of alkyl halides is 6. The van der Waals surface area contributed by atoms with Gasteiger partial charge in [0.1, 0.15) is 10.7 Å². The normalized spacial score (nSPS) is 23.6. The zero-order valence-electron chi connectivity index (χ0n) is 23.1. The summed E-state index contributed by atoms with van der Waals surface area (Å²) in [5, 5.41) is 20.8. The highest BCUT2D eigenvalue weighted by Crippen LogP contribution is 2.38. The maximum absolute atomic E-state index is 13.4. The van der Waals surface area contributed by atoms with E-state index in [4.69, 9.17) is 27.4 Å². The molecule has 0 spiro atoms. The fourth-order valence-electron chi connectivity index (χ4n) is 5.58. The van der Waals surface area contributed by atoms with E-state index in [9.17, 15) is 26.3 Å². The molecule has 2 atom stereocenters. The number of ether oxygens (including phenoxy) is 1. The number of benzene rings is 2. The number of nitrogens with zero attached hydrogens (tertiary/aromatic N) is 3. The van der Waals surface area contributed by atoms with Gasteiger partial charge in [-0.3, -0.25) is 10.4 Å². The highest BCUT2D eigenvalue weighted by Gasteiger charge is 2.36. The Bertz CT molecular complexity index is 1220. The molecule has 1 saturated carbocycles. The predicted octanol–water partition coefficient (Wildman–Crippen LogP) is 6.98. The third-order valence-electron chi connectivity index (χ3n) is 7.84. The van der Waals surface area contributed by atoms with E-state index in [2.05, 4.69) is 15.1 Å². The third-order valence-corrected chi connectivity index (χ3v) is 8.19. The van der Waals surface area contributed by atoms with Gasteiger partial charge in [-0.15, -0.1) is 5.23 Å². The standard InChI is InChI=1S/C28H34F6N4O3S/c1-17-15-37(18(2)14-36(17)22-8-3-19(4-9-22)27(29,30)31)26(42)16-41-23-10-5-20(6-11-23)35-21-7-12-25(38(39)40)24(13-21)28(32,33)34/h3-4,7-9,12-13,17-18,20,23,35,39-40H,5-6,10-11,14-16H2,1-2H3/t17-,18+,20?,23?/m1/s1. The van der Waals surface area contributed by atoms with Crippen molar-refractivity contribution in [2.45, 2.75) is 76.1 Å². The molecule has 1 aliphatic carbocycles. The Morgan fingerprint density at radius 1 is 0.929 bits per heavy atom. The van der Waals surface area contributed by atoms with Crippen molar-refractivity contribution in [1.29, 1.82) is 0 Å². The number of hydrogen-bond donors (Lipinski definition) is 3. The first kappa shape index (κ1) is 32.1. The number of hydrogen-bond acceptors (Lipinski definition) is 7. The van der Waals surface area contributed by atoms with Crippen molar-refractivity contribution in [2.24, 2.45) is 0 Å². The molecular formula is C28H34F6N4O3S. The first-order valence-electron chi connectivity index (χ1n) is 13.6. The first-order chi connectivity index (χ1) is 19.6. The molecule has 2 fully saturated rings. The van der Waals surface area contributed by atoms with E-state index < -0.39 is 34.4 Å². The minimum atomic E-state index is -4.76. The van der Waals surface area contributed by atoms with Crippen LogP contribution in [0.1, 0.15) is 50.7 Å². The van der Waals surface area contributed by atoms with Crippen LogP contribution in [0.5, 0.6) is 0 Å². The molecule has 4 rings (SSSR count). The summed E-state index contributed by atoms with van der Waals surface area (Å²) in [6.07, 6.45) is -6.45. The van der Waals surface area contributed by atoms with Crippen molar-refractivity contribution in [1.82, 2.24) is 4.90 Å². The lowest BCUT2D eigenvalue weighted by molar-refractivity contribution is -0.139. The molecule has 0 unspecified atom stereocenters. The molecule has 3 N–H and O–H groups in total. The molecule has 14 heteroatoms. The molecule has 0 aromatic heterocycles. The molecule has 1 saturated heterocycles. The van der Waals surface area contributed by atoms with E-state index in [0.29, 0.717) is 43.8 Å². The van der Waals surface area contributed by atoms with Gasteiger partial charge < -0.3 is 19.9 Å². The number of rotatable bonds is 7. The van der Waals surface area contributed by atoms with Crippen molar-refractivity contribution in [3.05, 3.63) is 53.6 Å². The summed E-state index contributed by atoms with van der Waals surface area (Å²) in [5.41, 5.74) is -1.64. The Balaban J connectivity index is 1.25. The van der Waals surface area contributed by atoms with E-state index in [1.54, 1.807) is 0 Å². The minimum Gasteiger partial charge on any atom is -0.382 e. The molecule has 0 bridgehead atoms. The van der Waals surface area contributed by atoms with E-state index in [1.165, 1.54) is 18.2 Å². The maximum atomic E-state index is 13.4. The van der Waals surface area contributed by atoms with Crippen LogP contribution in [-0.4, -0.2) is 64.2 Å². The van der Waals surface area contributed by atoms with E-state index in [1.807, 2.05) is 13.8 Å². The number of thiocarbonyl (C=S) groups is 1. The fraction of sp³-hybridized carbons (Fsp3) is 0.536. The van der Waals surface area contributed by atoms with Crippen LogP contribution >= 0.6 is 12.2 Å². The Kier molecular flexibility index (Phi) is 9.80. The zero-order valence-corrected chi connectivity index (χ0v) is 23.9. The molecule has 0 amide bonds. The van der Waals surface area contributed by atoms with Crippen molar-refractivity contribution in [2.75, 3.05) is 35.1 Å². The van der Waals surface area contributed by atoms with Crippen LogP contribution in [0.3, 0.4) is 0 Å². The van der Waals surface area contributed by atoms with Gasteiger partial charge in [0.05, 0.1) is 23.8 Å². The van der Waals surface area contributed by atoms with Crippen LogP contribution in [0.2, 0.25) is 0 Å². The summed E-state index contributed by atoms with van der Waals surface area (Å²) in [4.78, 5) is 4.83. The molecule has 2 aromatic rings. The second-order valence-corrected chi connectivity index (χ2v) is 11.4. The minimum absolute atomic E-state index is 0.0159. The van der Waals surface area contributed by atoms with Crippen molar-refractivity contribution >= 4 is 34.3 Å². The van der Waals surface area contributed by atoms with Gasteiger partial charge in [-0.1, -0.05) is 12.2 Å². The van der Waals surface area contributed by atoms with Crippen LogP contribution in [0, 0.1) is 0 Å². The van der Waals surface area contributed by atoms with Crippen molar-refractivity contribution in [3.63, 3.8) is 0 Å². The second-order valence-electron chi connectivity index (χ2n) is 10.9. The average molecular weight is 621 g/mol. The molecular weight excluding hydrogens is 586 g/mol. The number of halogens is 6. The van der Waals surface area contributed by atoms with Crippen LogP contribution in [-0.2, 0) is 17.1 Å². The van der Waals surface area contributed by atoms with Gasteiger partial charge in [0.15, 0.2) is 0 Å². The summed E-state index contributed by atoms with van der Waals surface area (Å²) in [6, 6.07) is 8.37. The quantitative estimate of drug-likeness (QED) is 0.174. The summed E-state index contributed by atoms with van der Waals surface area (Å²) >= 11 is 5.68. The molecule has 1 aliphatic heterocycles. The average Bonchev–Trinajstić information content (AvgIpc) is 2.92. The zero-order chi connectivity index (χ0) is 30.8. The Morgan fingerprint density at radius 2 is 1.57 bits per heavy atom. The Hall–Kier alpha value is -2.81. The highest BCUT2D eigenvalue weighted by atomic mass is 32.1. The lowest BCUT2D eigenvalue weighted by Gasteiger charge is -2.46. The Labute approximate surface area is 245 Å². The van der Waals surface area contributed by atoms with Gasteiger partial charge >= 0.3 is 12.4 Å². The van der Waals surface area contributed by atoms with Gasteiger partial charge in [0.25, 0.3) is 0 Å². The topological polar surface area (TPSA) is 71.4 Å². The molecule has 7 nitrogen and oxygen atoms in total. The highest BCUT2D eigenvalue weighted by molar-refractivity contribution is 7.80. The molecule has 0 radical (unpaired) electrons. The molecule has 1 heterocycles. The van der Waals surface area contributed by atoms with E-state index in [-0.39, 0.29) is 36.5 Å². The first-order valence-corrected chi connectivity index (χ1v) is 14.0. The summed E-state index contributed by atoms with van der Waals surface area (Å²) < 4.78 is 85.0. The largest absolute Gasteiger partial charge is 0.418 e. The lowest BCUT2D eigenvalue weighted by atomic mass is 9.92. The van der Waals surface area contributed by atoms with Gasteiger partial charge in [-0.05, 0) is 82.0 Å². The van der Waals surface area contributed by atoms with Gasteiger partial charge in [0.2, 0.25) is 0 Å². The van der Waals surface area contributed by atoms with E-state index in [0.717, 1.165) is 30.0 Å². The van der Waals surface area contributed by atoms with Crippen LogP contribution < -0.4 is 15.4 Å².